The van der Waals surface area contributed by atoms with Crippen molar-refractivity contribution in [2.75, 3.05) is 0 Å². The van der Waals surface area contributed by atoms with Crippen molar-refractivity contribution >= 4 is 0 Å². The third kappa shape index (κ3) is 1.77. The second kappa shape index (κ2) is 3.31. The van der Waals surface area contributed by atoms with Gasteiger partial charge in [0, 0.05) is 12.5 Å². The second-order valence-electron chi connectivity index (χ2n) is 4.09. The Morgan fingerprint density at radius 2 is 2.00 bits per heavy atom. The van der Waals surface area contributed by atoms with Gasteiger partial charge in [0.2, 0.25) is 0 Å². The molecule has 0 aliphatic heterocycles. The Morgan fingerprint density at radius 1 is 1.36 bits per heavy atom. The van der Waals surface area contributed by atoms with Gasteiger partial charge in [-0.3, -0.25) is 0 Å². The van der Waals surface area contributed by atoms with Gasteiger partial charge >= 0.3 is 0 Å². The van der Waals surface area contributed by atoms with Gasteiger partial charge in [-0.05, 0) is 24.5 Å². The summed E-state index contributed by atoms with van der Waals surface area (Å²) in [6.07, 6.45) is 0.843. The number of hydrogen-bond acceptors (Lipinski definition) is 1. The van der Waals surface area contributed by atoms with Gasteiger partial charge in [0.05, 0.1) is 0 Å². The lowest BCUT2D eigenvalue weighted by Crippen LogP contribution is -2.49. The van der Waals surface area contributed by atoms with Crippen molar-refractivity contribution in [3.05, 3.63) is 35.6 Å². The molecule has 0 heterocycles. The fraction of sp³-hybridized carbons (Fsp3) is 0.455. The van der Waals surface area contributed by atoms with Crippen LogP contribution >= 0.6 is 0 Å². The molecule has 0 unspecified atom stereocenters. The van der Waals surface area contributed by atoms with Crippen LogP contribution in [0.4, 0.5) is 8.78 Å². The normalized spacial score (nSPS) is 31.2. The van der Waals surface area contributed by atoms with E-state index < -0.39 is 5.67 Å². The van der Waals surface area contributed by atoms with E-state index in [0.29, 0.717) is 18.4 Å². The Morgan fingerprint density at radius 3 is 2.57 bits per heavy atom. The first kappa shape index (κ1) is 9.59. The van der Waals surface area contributed by atoms with E-state index in [9.17, 15) is 8.78 Å². The van der Waals surface area contributed by atoms with E-state index in [2.05, 4.69) is 0 Å². The zero-order valence-corrected chi connectivity index (χ0v) is 7.84. The van der Waals surface area contributed by atoms with Gasteiger partial charge in [0.25, 0.3) is 0 Å². The molecule has 3 heteroatoms. The Bertz CT molecular complexity index is 332. The molecule has 0 spiro atoms. The molecule has 1 fully saturated rings. The second-order valence-corrected chi connectivity index (χ2v) is 4.09. The molecule has 1 aromatic rings. The van der Waals surface area contributed by atoms with Crippen LogP contribution in [-0.2, 0) is 6.42 Å². The van der Waals surface area contributed by atoms with Crippen LogP contribution in [-0.4, -0.2) is 11.7 Å². The van der Waals surface area contributed by atoms with Gasteiger partial charge in [-0.15, -0.1) is 0 Å². The van der Waals surface area contributed by atoms with Crippen LogP contribution in [0.2, 0.25) is 0 Å². The molecule has 1 aliphatic rings. The minimum atomic E-state index is -1.28. The highest BCUT2D eigenvalue weighted by Gasteiger charge is 2.43. The van der Waals surface area contributed by atoms with Crippen molar-refractivity contribution in [1.29, 1.82) is 0 Å². The minimum Gasteiger partial charge on any atom is -0.327 e. The maximum absolute atomic E-state index is 13.8. The largest absolute Gasteiger partial charge is 0.327 e. The molecule has 2 rings (SSSR count). The highest BCUT2D eigenvalue weighted by molar-refractivity contribution is 5.21. The summed E-state index contributed by atoms with van der Waals surface area (Å²) in [7, 11) is 0. The summed E-state index contributed by atoms with van der Waals surface area (Å²) in [5.41, 5.74) is 4.68. The Balaban J connectivity index is 2.08. The molecule has 1 saturated carbocycles. The van der Waals surface area contributed by atoms with Crippen molar-refractivity contribution in [1.82, 2.24) is 0 Å². The van der Waals surface area contributed by atoms with E-state index in [4.69, 9.17) is 5.73 Å². The number of nitrogens with two attached hydrogens (primary N) is 1. The Hall–Kier alpha value is -0.960. The molecule has 1 nitrogen and oxygen atoms in total. The Kier molecular flexibility index (Phi) is 2.27. The molecule has 76 valence electrons. The average molecular weight is 197 g/mol. The van der Waals surface area contributed by atoms with Crippen molar-refractivity contribution in [2.45, 2.75) is 31.0 Å². The van der Waals surface area contributed by atoms with E-state index in [1.807, 2.05) is 0 Å². The lowest BCUT2D eigenvalue weighted by Gasteiger charge is -2.39. The molecule has 14 heavy (non-hydrogen) atoms. The summed E-state index contributed by atoms with van der Waals surface area (Å²) in [6, 6.07) is 6.26. The predicted octanol–water partition coefficient (Wildman–Crippen LogP) is 2.20. The summed E-state index contributed by atoms with van der Waals surface area (Å²) in [4.78, 5) is 0. The number of benzene rings is 1. The molecule has 1 aliphatic carbocycles. The molecule has 2 N–H and O–H groups in total. The van der Waals surface area contributed by atoms with E-state index in [1.165, 1.54) is 6.07 Å². The fourth-order valence-corrected chi connectivity index (χ4v) is 2.01. The molecule has 0 saturated heterocycles. The number of hydrogen-bond donors (Lipinski definition) is 1. The van der Waals surface area contributed by atoms with Crippen LogP contribution in [0.15, 0.2) is 24.3 Å². The fourth-order valence-electron chi connectivity index (χ4n) is 2.01. The van der Waals surface area contributed by atoms with Gasteiger partial charge in [0.15, 0.2) is 0 Å². The van der Waals surface area contributed by atoms with Crippen molar-refractivity contribution in [3.63, 3.8) is 0 Å². The van der Waals surface area contributed by atoms with Gasteiger partial charge in [-0.1, -0.05) is 18.2 Å². The lowest BCUT2D eigenvalue weighted by molar-refractivity contribution is 0.0436. The van der Waals surface area contributed by atoms with E-state index in [-0.39, 0.29) is 18.3 Å². The Labute approximate surface area is 81.9 Å². The smallest absolute Gasteiger partial charge is 0.126 e. The number of halogens is 2. The zero-order valence-electron chi connectivity index (χ0n) is 7.84. The van der Waals surface area contributed by atoms with Crippen molar-refractivity contribution in [2.24, 2.45) is 5.73 Å². The topological polar surface area (TPSA) is 26.0 Å². The molecule has 0 radical (unpaired) electrons. The molecule has 0 amide bonds. The first-order valence-corrected chi connectivity index (χ1v) is 4.77. The van der Waals surface area contributed by atoms with Gasteiger partial charge < -0.3 is 5.73 Å². The summed E-state index contributed by atoms with van der Waals surface area (Å²) in [6.45, 7) is 0. The first-order chi connectivity index (χ1) is 6.59. The molecule has 0 atom stereocenters. The summed E-state index contributed by atoms with van der Waals surface area (Å²) in [5, 5.41) is 0. The third-order valence-electron chi connectivity index (χ3n) is 2.72. The first-order valence-electron chi connectivity index (χ1n) is 4.77. The quantitative estimate of drug-likeness (QED) is 0.772. The SMILES string of the molecule is NC1CC(F)(Cc2ccccc2F)C1. The van der Waals surface area contributed by atoms with E-state index in [1.54, 1.807) is 18.2 Å². The number of alkyl halides is 1. The number of rotatable bonds is 2. The summed E-state index contributed by atoms with van der Waals surface area (Å²) in [5.74, 6) is -0.329. The lowest BCUT2D eigenvalue weighted by atomic mass is 9.74. The molecular weight excluding hydrogens is 184 g/mol. The van der Waals surface area contributed by atoms with Gasteiger partial charge in [-0.2, -0.15) is 0 Å². The molecular formula is C11H13F2N. The monoisotopic (exact) mass is 197 g/mol. The highest BCUT2D eigenvalue weighted by atomic mass is 19.1. The van der Waals surface area contributed by atoms with Crippen LogP contribution in [0.5, 0.6) is 0 Å². The van der Waals surface area contributed by atoms with Gasteiger partial charge in [0.1, 0.15) is 11.5 Å². The highest BCUT2D eigenvalue weighted by Crippen LogP contribution is 2.38. The minimum absolute atomic E-state index is 0.0493. The predicted molar refractivity (Wildman–Crippen MR) is 51.2 cm³/mol. The van der Waals surface area contributed by atoms with Crippen LogP contribution in [0, 0.1) is 5.82 Å². The standard InChI is InChI=1S/C11H13F2N/c12-10-4-2-1-3-8(10)5-11(13)6-9(14)7-11/h1-4,9H,5-7,14H2. The van der Waals surface area contributed by atoms with Crippen molar-refractivity contribution < 1.29 is 8.78 Å². The van der Waals surface area contributed by atoms with Crippen LogP contribution < -0.4 is 5.73 Å². The molecule has 0 aromatic heterocycles. The molecule has 0 bridgehead atoms. The van der Waals surface area contributed by atoms with E-state index in [0.717, 1.165) is 0 Å². The average Bonchev–Trinajstić information content (AvgIpc) is 2.06. The molecule has 1 aromatic carbocycles. The maximum atomic E-state index is 13.8. The van der Waals surface area contributed by atoms with Gasteiger partial charge in [-0.25, -0.2) is 8.78 Å². The van der Waals surface area contributed by atoms with Crippen LogP contribution in [0.1, 0.15) is 18.4 Å². The van der Waals surface area contributed by atoms with Crippen LogP contribution in [0.3, 0.4) is 0 Å². The summed E-state index contributed by atoms with van der Waals surface area (Å²) >= 11 is 0. The van der Waals surface area contributed by atoms with Crippen LogP contribution in [0.25, 0.3) is 0 Å². The van der Waals surface area contributed by atoms with E-state index >= 15 is 0 Å². The maximum Gasteiger partial charge on any atom is 0.126 e. The third-order valence-corrected chi connectivity index (χ3v) is 2.72. The van der Waals surface area contributed by atoms with Crippen molar-refractivity contribution in [3.8, 4) is 0 Å². The zero-order chi connectivity index (χ0) is 10.2. The summed E-state index contributed by atoms with van der Waals surface area (Å²) < 4.78 is 27.0.